The smallest absolute Gasteiger partial charge is 0.253 e. The Bertz CT molecular complexity index is 305. The predicted molar refractivity (Wildman–Crippen MR) is 58.4 cm³/mol. The van der Waals surface area contributed by atoms with Gasteiger partial charge in [0.1, 0.15) is 0 Å². The number of imide groups is 1. The Morgan fingerprint density at radius 1 is 1.31 bits per heavy atom. The van der Waals surface area contributed by atoms with Crippen molar-refractivity contribution in [2.75, 3.05) is 13.1 Å². The van der Waals surface area contributed by atoms with E-state index < -0.39 is 0 Å². The molecule has 0 aromatic carbocycles. The first kappa shape index (κ1) is 12.4. The number of amides is 3. The van der Waals surface area contributed by atoms with Crippen LogP contribution in [0, 0.1) is 0 Å². The fourth-order valence-electron chi connectivity index (χ4n) is 1.38. The van der Waals surface area contributed by atoms with E-state index in [0.29, 0.717) is 13.0 Å². The number of carbonyl (C=O) groups is 3. The van der Waals surface area contributed by atoms with Gasteiger partial charge in [0.25, 0.3) is 11.8 Å². The normalized spacial score (nSPS) is 14.7. The van der Waals surface area contributed by atoms with Crippen LogP contribution >= 0.6 is 0 Å². The Kier molecular flexibility index (Phi) is 4.69. The van der Waals surface area contributed by atoms with Gasteiger partial charge in [0.2, 0.25) is 5.91 Å². The largest absolute Gasteiger partial charge is 0.354 e. The number of hydrogen-bond donors (Lipinski definition) is 1. The molecule has 5 heteroatoms. The zero-order chi connectivity index (χ0) is 12.0. The van der Waals surface area contributed by atoms with Crippen LogP contribution in [0.2, 0.25) is 0 Å². The lowest BCUT2D eigenvalue weighted by Crippen LogP contribution is -2.38. The summed E-state index contributed by atoms with van der Waals surface area (Å²) in [6, 6.07) is 0. The Labute approximate surface area is 94.5 Å². The summed E-state index contributed by atoms with van der Waals surface area (Å²) < 4.78 is 0. The number of carbonyl (C=O) groups excluding carboxylic acids is 3. The average Bonchev–Trinajstić information content (AvgIpc) is 2.57. The molecule has 0 spiro atoms. The van der Waals surface area contributed by atoms with Crippen molar-refractivity contribution in [3.05, 3.63) is 12.2 Å². The first-order valence-electron chi connectivity index (χ1n) is 5.45. The molecule has 1 aliphatic heterocycles. The second-order valence-corrected chi connectivity index (χ2v) is 3.61. The average molecular weight is 224 g/mol. The number of hydrogen-bond acceptors (Lipinski definition) is 3. The molecule has 16 heavy (non-hydrogen) atoms. The molecule has 0 aromatic heterocycles. The molecule has 0 saturated heterocycles. The molecule has 0 bridgehead atoms. The maximum absolute atomic E-state index is 11.2. The Morgan fingerprint density at radius 3 is 2.50 bits per heavy atom. The van der Waals surface area contributed by atoms with E-state index >= 15 is 0 Å². The van der Waals surface area contributed by atoms with Gasteiger partial charge in [-0.3, -0.25) is 19.3 Å². The SMILES string of the molecule is CCCCC(=O)NCCN1C(=O)C=CC1=O. The lowest BCUT2D eigenvalue weighted by atomic mass is 10.2. The zero-order valence-corrected chi connectivity index (χ0v) is 9.36. The molecule has 0 aromatic rings. The third-order valence-corrected chi connectivity index (χ3v) is 2.32. The second kappa shape index (κ2) is 6.05. The van der Waals surface area contributed by atoms with Crippen LogP contribution in [0.3, 0.4) is 0 Å². The fourth-order valence-corrected chi connectivity index (χ4v) is 1.38. The summed E-state index contributed by atoms with van der Waals surface area (Å²) in [4.78, 5) is 34.6. The number of nitrogens with one attached hydrogen (secondary N) is 1. The van der Waals surface area contributed by atoms with Crippen molar-refractivity contribution in [2.45, 2.75) is 26.2 Å². The van der Waals surface area contributed by atoms with Crippen LogP contribution in [0.5, 0.6) is 0 Å². The molecule has 88 valence electrons. The van der Waals surface area contributed by atoms with Crippen molar-refractivity contribution in [1.29, 1.82) is 0 Å². The summed E-state index contributed by atoms with van der Waals surface area (Å²) >= 11 is 0. The molecule has 0 radical (unpaired) electrons. The quantitative estimate of drug-likeness (QED) is 0.656. The van der Waals surface area contributed by atoms with E-state index in [0.717, 1.165) is 17.7 Å². The summed E-state index contributed by atoms with van der Waals surface area (Å²) in [5, 5.41) is 2.67. The highest BCUT2D eigenvalue weighted by Crippen LogP contribution is 2.01. The van der Waals surface area contributed by atoms with Crippen LogP contribution in [0.15, 0.2) is 12.2 Å². The molecule has 0 saturated carbocycles. The van der Waals surface area contributed by atoms with Crippen LogP contribution in [0.1, 0.15) is 26.2 Å². The molecular weight excluding hydrogens is 208 g/mol. The van der Waals surface area contributed by atoms with Gasteiger partial charge in [0.05, 0.1) is 0 Å². The number of nitrogens with zero attached hydrogens (tertiary/aromatic N) is 1. The van der Waals surface area contributed by atoms with Gasteiger partial charge in [0.15, 0.2) is 0 Å². The van der Waals surface area contributed by atoms with Crippen molar-refractivity contribution in [3.63, 3.8) is 0 Å². The van der Waals surface area contributed by atoms with Crippen LogP contribution in [0.4, 0.5) is 0 Å². The molecule has 1 heterocycles. The van der Waals surface area contributed by atoms with E-state index in [1.807, 2.05) is 6.92 Å². The van der Waals surface area contributed by atoms with Crippen LogP contribution in [0.25, 0.3) is 0 Å². The van der Waals surface area contributed by atoms with Crippen molar-refractivity contribution in [3.8, 4) is 0 Å². The van der Waals surface area contributed by atoms with Gasteiger partial charge in [-0.05, 0) is 6.42 Å². The lowest BCUT2D eigenvalue weighted by Gasteiger charge is -2.13. The van der Waals surface area contributed by atoms with E-state index in [9.17, 15) is 14.4 Å². The molecule has 0 atom stereocenters. The van der Waals surface area contributed by atoms with Crippen LogP contribution in [-0.2, 0) is 14.4 Å². The highest BCUT2D eigenvalue weighted by molar-refractivity contribution is 6.12. The maximum Gasteiger partial charge on any atom is 0.253 e. The van der Waals surface area contributed by atoms with Gasteiger partial charge in [-0.25, -0.2) is 0 Å². The molecule has 1 rings (SSSR count). The monoisotopic (exact) mass is 224 g/mol. The summed E-state index contributed by atoms with van der Waals surface area (Å²) in [5.74, 6) is -0.658. The van der Waals surface area contributed by atoms with Crippen molar-refractivity contribution >= 4 is 17.7 Å². The van der Waals surface area contributed by atoms with Crippen LogP contribution in [-0.4, -0.2) is 35.7 Å². The van der Waals surface area contributed by atoms with Crippen molar-refractivity contribution < 1.29 is 14.4 Å². The molecule has 5 nitrogen and oxygen atoms in total. The zero-order valence-electron chi connectivity index (χ0n) is 9.36. The van der Waals surface area contributed by atoms with E-state index in [4.69, 9.17) is 0 Å². The summed E-state index contributed by atoms with van der Waals surface area (Å²) in [6.45, 7) is 2.57. The molecule has 0 unspecified atom stereocenters. The van der Waals surface area contributed by atoms with E-state index in [2.05, 4.69) is 5.32 Å². The standard InChI is InChI=1S/C11H16N2O3/c1-2-3-4-9(14)12-7-8-13-10(15)5-6-11(13)16/h5-6H,2-4,7-8H2,1H3,(H,12,14). The highest BCUT2D eigenvalue weighted by atomic mass is 16.2. The Balaban J connectivity index is 2.18. The summed E-state index contributed by atoms with van der Waals surface area (Å²) in [5.41, 5.74) is 0. The van der Waals surface area contributed by atoms with Gasteiger partial charge in [0, 0.05) is 31.7 Å². The first-order valence-corrected chi connectivity index (χ1v) is 5.45. The van der Waals surface area contributed by atoms with Gasteiger partial charge in [-0.1, -0.05) is 13.3 Å². The van der Waals surface area contributed by atoms with E-state index in [-0.39, 0.29) is 24.3 Å². The Morgan fingerprint density at radius 2 is 1.94 bits per heavy atom. The van der Waals surface area contributed by atoms with Crippen molar-refractivity contribution in [1.82, 2.24) is 10.2 Å². The topological polar surface area (TPSA) is 66.5 Å². The summed E-state index contributed by atoms with van der Waals surface area (Å²) in [7, 11) is 0. The fraction of sp³-hybridized carbons (Fsp3) is 0.545. The summed E-state index contributed by atoms with van der Waals surface area (Å²) in [6.07, 6.45) is 4.80. The van der Waals surface area contributed by atoms with Crippen LogP contribution < -0.4 is 5.32 Å². The van der Waals surface area contributed by atoms with Crippen molar-refractivity contribution in [2.24, 2.45) is 0 Å². The molecule has 3 amide bonds. The first-order chi connectivity index (χ1) is 7.65. The minimum absolute atomic E-state index is 0.0334. The molecule has 0 fully saturated rings. The minimum atomic E-state index is -0.312. The Hall–Kier alpha value is -1.65. The van der Waals surface area contributed by atoms with Gasteiger partial charge < -0.3 is 5.32 Å². The van der Waals surface area contributed by atoms with E-state index in [1.165, 1.54) is 12.2 Å². The third kappa shape index (κ3) is 3.49. The second-order valence-electron chi connectivity index (χ2n) is 3.61. The van der Waals surface area contributed by atoms with Gasteiger partial charge >= 0.3 is 0 Å². The third-order valence-electron chi connectivity index (χ3n) is 2.32. The van der Waals surface area contributed by atoms with Gasteiger partial charge in [-0.15, -0.1) is 0 Å². The number of unbranched alkanes of at least 4 members (excludes halogenated alkanes) is 1. The molecule has 0 aliphatic carbocycles. The number of rotatable bonds is 6. The van der Waals surface area contributed by atoms with Gasteiger partial charge in [-0.2, -0.15) is 0 Å². The highest BCUT2D eigenvalue weighted by Gasteiger charge is 2.22. The van der Waals surface area contributed by atoms with E-state index in [1.54, 1.807) is 0 Å². The molecule has 1 N–H and O–H groups in total. The minimum Gasteiger partial charge on any atom is -0.354 e. The lowest BCUT2D eigenvalue weighted by molar-refractivity contribution is -0.137. The predicted octanol–water partition coefficient (Wildman–Crippen LogP) is 0.218. The maximum atomic E-state index is 11.2. The molecular formula is C11H16N2O3. The molecule has 1 aliphatic rings.